The highest BCUT2D eigenvalue weighted by molar-refractivity contribution is 7.84. The molecule has 1 atom stereocenters. The van der Waals surface area contributed by atoms with Gasteiger partial charge in [0.05, 0.1) is 12.4 Å². The second-order valence-corrected chi connectivity index (χ2v) is 11.7. The van der Waals surface area contributed by atoms with Crippen molar-refractivity contribution in [2.75, 3.05) is 25.6 Å². The minimum absolute atomic E-state index is 0.0723. The van der Waals surface area contributed by atoms with Crippen molar-refractivity contribution < 1.29 is 18.5 Å². The van der Waals surface area contributed by atoms with Gasteiger partial charge in [-0.25, -0.2) is 4.21 Å². The summed E-state index contributed by atoms with van der Waals surface area (Å²) in [5.41, 5.74) is 6.31. The lowest BCUT2D eigenvalue weighted by Gasteiger charge is -2.30. The van der Waals surface area contributed by atoms with Crippen LogP contribution in [0.3, 0.4) is 0 Å². The lowest BCUT2D eigenvalue weighted by Crippen LogP contribution is -2.29. The van der Waals surface area contributed by atoms with E-state index in [0.29, 0.717) is 23.6 Å². The van der Waals surface area contributed by atoms with E-state index in [-0.39, 0.29) is 11.2 Å². The molecule has 5 rings (SSSR count). The fraction of sp³-hybridized carbons (Fsp3) is 0.400. The molecule has 194 valence electrons. The van der Waals surface area contributed by atoms with Crippen LogP contribution in [0.25, 0.3) is 17.7 Å². The number of hydrogen-bond donors (Lipinski definition) is 1. The van der Waals surface area contributed by atoms with Gasteiger partial charge >= 0.3 is 0 Å². The molecule has 7 heteroatoms. The molecule has 0 bridgehead atoms. The van der Waals surface area contributed by atoms with E-state index in [1.807, 2.05) is 48.4 Å². The number of ether oxygens (including phenoxy) is 1. The zero-order chi connectivity index (χ0) is 25.9. The second kappa shape index (κ2) is 11.1. The number of aldehydes is 1. The van der Waals surface area contributed by atoms with Gasteiger partial charge in [0, 0.05) is 36.0 Å². The summed E-state index contributed by atoms with van der Waals surface area (Å²) in [5, 5.41) is 0.0723. The van der Waals surface area contributed by atoms with Crippen LogP contribution in [0.15, 0.2) is 42.0 Å². The molecule has 0 radical (unpaired) electrons. The standard InChI is InChI=1S/C30H34N2O4S/c1-32-18-20(19-33)14-24-15-25(36-2)10-8-22(24)16-28(21-6-4-3-5-7-21)27-13-9-23(17-29(27)32)30(34)31-37(35)26-11-12-26/h8-10,13-17,19,21,26H,3-7,11-12,18H2,1-2H3,(H,31,34)/b20-14+,28-16+. The summed E-state index contributed by atoms with van der Waals surface area (Å²) in [6.45, 7) is 0.393. The van der Waals surface area contributed by atoms with E-state index >= 15 is 0 Å². The molecule has 37 heavy (non-hydrogen) atoms. The first-order valence-corrected chi connectivity index (χ1v) is 14.3. The lowest BCUT2D eigenvalue weighted by molar-refractivity contribution is -0.104. The normalized spacial score (nSPS) is 21.8. The Hall–Kier alpha value is -3.19. The molecule has 2 aromatic carbocycles. The first-order valence-electron chi connectivity index (χ1n) is 13.1. The highest BCUT2D eigenvalue weighted by Gasteiger charge is 2.30. The van der Waals surface area contributed by atoms with Crippen molar-refractivity contribution in [3.05, 3.63) is 64.2 Å². The molecular formula is C30H34N2O4S. The predicted octanol–water partition coefficient (Wildman–Crippen LogP) is 5.40. The minimum atomic E-state index is -1.35. The number of anilines is 1. The highest BCUT2D eigenvalue weighted by Crippen LogP contribution is 2.42. The maximum Gasteiger partial charge on any atom is 0.263 e. The van der Waals surface area contributed by atoms with Crippen LogP contribution in [-0.4, -0.2) is 42.4 Å². The highest BCUT2D eigenvalue weighted by atomic mass is 32.2. The molecule has 0 aromatic heterocycles. The zero-order valence-corrected chi connectivity index (χ0v) is 22.3. The van der Waals surface area contributed by atoms with Gasteiger partial charge in [-0.3, -0.25) is 14.3 Å². The number of amides is 1. The number of methoxy groups -OCH3 is 1. The third-order valence-electron chi connectivity index (χ3n) is 7.56. The minimum Gasteiger partial charge on any atom is -0.497 e. The Kier molecular flexibility index (Phi) is 7.60. The van der Waals surface area contributed by atoms with Crippen molar-refractivity contribution in [3.63, 3.8) is 0 Å². The number of likely N-dealkylation sites (N-methyl/N-ethyl adjacent to an activating group) is 1. The van der Waals surface area contributed by atoms with Gasteiger partial charge in [-0.15, -0.1) is 0 Å². The number of nitrogens with one attached hydrogen (secondary N) is 1. The second-order valence-electron chi connectivity index (χ2n) is 10.3. The number of benzene rings is 2. The molecule has 2 fully saturated rings. The Bertz CT molecular complexity index is 1290. The van der Waals surface area contributed by atoms with Gasteiger partial charge in [-0.1, -0.05) is 37.5 Å². The zero-order valence-electron chi connectivity index (χ0n) is 21.5. The smallest absolute Gasteiger partial charge is 0.263 e. The Balaban J connectivity index is 1.64. The number of allylic oxidation sites excluding steroid dienone is 1. The number of carbonyl (C=O) groups excluding carboxylic acids is 2. The van der Waals surface area contributed by atoms with Crippen molar-refractivity contribution in [2.45, 2.75) is 50.2 Å². The molecular weight excluding hydrogens is 484 g/mol. The van der Waals surface area contributed by atoms with E-state index in [4.69, 9.17) is 4.74 Å². The number of fused-ring (bicyclic) bond motifs is 2. The molecule has 2 saturated carbocycles. The maximum atomic E-state index is 13.0. The van der Waals surface area contributed by atoms with Gasteiger partial charge in [0.2, 0.25) is 0 Å². The Labute approximate surface area is 221 Å². The van der Waals surface area contributed by atoms with E-state index in [1.165, 1.54) is 24.8 Å². The molecule has 1 N–H and O–H groups in total. The van der Waals surface area contributed by atoms with Crippen LogP contribution in [0, 0.1) is 5.92 Å². The van der Waals surface area contributed by atoms with E-state index < -0.39 is 11.0 Å². The van der Waals surface area contributed by atoms with Crippen molar-refractivity contribution >= 4 is 46.6 Å². The van der Waals surface area contributed by atoms with E-state index in [1.54, 1.807) is 7.11 Å². The Morgan fingerprint density at radius 2 is 1.81 bits per heavy atom. The fourth-order valence-electron chi connectivity index (χ4n) is 5.36. The maximum absolute atomic E-state index is 13.0. The van der Waals surface area contributed by atoms with Crippen LogP contribution in [0.4, 0.5) is 5.69 Å². The van der Waals surface area contributed by atoms with Crippen molar-refractivity contribution in [3.8, 4) is 5.75 Å². The summed E-state index contributed by atoms with van der Waals surface area (Å²) in [6, 6.07) is 11.7. The lowest BCUT2D eigenvalue weighted by atomic mass is 9.79. The summed E-state index contributed by atoms with van der Waals surface area (Å²) < 4.78 is 20.5. The molecule has 1 amide bonds. The predicted molar refractivity (Wildman–Crippen MR) is 150 cm³/mol. The molecule has 2 aliphatic carbocycles. The van der Waals surface area contributed by atoms with Crippen LogP contribution in [-0.2, 0) is 15.8 Å². The van der Waals surface area contributed by atoms with Gasteiger partial charge in [-0.05, 0) is 78.6 Å². The molecule has 1 unspecified atom stereocenters. The van der Waals surface area contributed by atoms with E-state index in [9.17, 15) is 13.8 Å². The number of carbonyl (C=O) groups is 2. The summed E-state index contributed by atoms with van der Waals surface area (Å²) >= 11 is 0. The average molecular weight is 519 g/mol. The third-order valence-corrected chi connectivity index (χ3v) is 9.03. The largest absolute Gasteiger partial charge is 0.497 e. The molecule has 3 aliphatic rings. The van der Waals surface area contributed by atoms with Crippen LogP contribution in [0.5, 0.6) is 5.75 Å². The number of rotatable bonds is 6. The van der Waals surface area contributed by atoms with Gasteiger partial charge in [0.1, 0.15) is 23.0 Å². The molecule has 1 heterocycles. The Morgan fingerprint density at radius 1 is 1.03 bits per heavy atom. The average Bonchev–Trinajstić information content (AvgIpc) is 3.77. The molecule has 0 saturated heterocycles. The van der Waals surface area contributed by atoms with Crippen molar-refractivity contribution in [2.24, 2.45) is 5.92 Å². The number of nitrogens with zero attached hydrogens (tertiary/aromatic N) is 1. The van der Waals surface area contributed by atoms with Crippen LogP contribution in [0.2, 0.25) is 0 Å². The quantitative estimate of drug-likeness (QED) is 0.518. The fourth-order valence-corrected chi connectivity index (χ4v) is 6.39. The molecule has 1 aliphatic heterocycles. The summed E-state index contributed by atoms with van der Waals surface area (Å²) in [7, 11) is 2.25. The van der Waals surface area contributed by atoms with Gasteiger partial charge in [0.15, 0.2) is 0 Å². The van der Waals surface area contributed by atoms with E-state index in [0.717, 1.165) is 60.1 Å². The van der Waals surface area contributed by atoms with Crippen LogP contribution in [0.1, 0.15) is 72.0 Å². The molecule has 6 nitrogen and oxygen atoms in total. The SMILES string of the molecule is COc1ccc2c(c1)/C=C(/C=O)CN(C)c1cc(C(=O)NS(=O)C3CC3)ccc1/C(C1CCCCC1)=C/2. The number of hydrogen-bond acceptors (Lipinski definition) is 5. The van der Waals surface area contributed by atoms with Crippen LogP contribution < -0.4 is 14.4 Å². The third kappa shape index (κ3) is 5.72. The van der Waals surface area contributed by atoms with Crippen molar-refractivity contribution in [1.82, 2.24) is 4.72 Å². The first kappa shape index (κ1) is 25.5. The first-order chi connectivity index (χ1) is 18.0. The van der Waals surface area contributed by atoms with Gasteiger partial charge in [-0.2, -0.15) is 0 Å². The van der Waals surface area contributed by atoms with Crippen molar-refractivity contribution in [1.29, 1.82) is 0 Å². The summed E-state index contributed by atoms with van der Waals surface area (Å²) in [4.78, 5) is 27.1. The molecule has 0 spiro atoms. The van der Waals surface area contributed by atoms with Gasteiger partial charge < -0.3 is 9.64 Å². The summed E-state index contributed by atoms with van der Waals surface area (Å²) in [6.07, 6.45) is 12.8. The Morgan fingerprint density at radius 3 is 2.51 bits per heavy atom. The van der Waals surface area contributed by atoms with Crippen LogP contribution >= 0.6 is 0 Å². The monoisotopic (exact) mass is 518 g/mol. The topological polar surface area (TPSA) is 75.7 Å². The summed E-state index contributed by atoms with van der Waals surface area (Å²) in [5.74, 6) is 0.829. The molecule has 2 aromatic rings. The van der Waals surface area contributed by atoms with E-state index in [2.05, 4.69) is 16.9 Å². The van der Waals surface area contributed by atoms with Gasteiger partial charge in [0.25, 0.3) is 5.91 Å².